The zero-order chi connectivity index (χ0) is 0. The second kappa shape index (κ2) is 33.7. The van der Waals surface area contributed by atoms with Gasteiger partial charge in [-0.25, -0.2) is 0 Å². The van der Waals surface area contributed by atoms with E-state index in [1.54, 1.807) is 0 Å². The largest absolute Gasteiger partial charge is 0.412 e. The van der Waals surface area contributed by atoms with Gasteiger partial charge in [0.1, 0.15) is 0 Å². The summed E-state index contributed by atoms with van der Waals surface area (Å²) in [6, 6.07) is 0. The maximum absolute atomic E-state index is 0. The Morgan fingerprint density at radius 3 is 0.750 bits per heavy atom. The Hall–Kier alpha value is 1.06. The number of hydrogen-bond acceptors (Lipinski definition) is 0. The molecule has 4 heteroatoms. The van der Waals surface area contributed by atoms with E-state index in [0.29, 0.717) is 0 Å². The summed E-state index contributed by atoms with van der Waals surface area (Å²) in [5.41, 5.74) is 0. The SMILES string of the molecule is O.O.[Fe].[Zn]. The van der Waals surface area contributed by atoms with Gasteiger partial charge in [-0.3, -0.25) is 0 Å². The van der Waals surface area contributed by atoms with E-state index in [-0.39, 0.29) is 47.5 Å². The first-order chi connectivity index (χ1) is 0. The molecule has 0 saturated heterocycles. The Morgan fingerprint density at radius 1 is 0.750 bits per heavy atom. The Kier molecular flexibility index (Phi) is 624. The van der Waals surface area contributed by atoms with Crippen LogP contribution in [0.5, 0.6) is 0 Å². The molecule has 0 aromatic heterocycles. The molecule has 0 aromatic carbocycles. The molecule has 0 saturated carbocycles. The van der Waals surface area contributed by atoms with Crippen molar-refractivity contribution in [2.24, 2.45) is 0 Å². The van der Waals surface area contributed by atoms with Crippen LogP contribution in [-0.4, -0.2) is 11.0 Å². The molecule has 0 atom stereocenters. The molecule has 0 aliphatic heterocycles. The Bertz CT molecular complexity index is 6.00. The van der Waals surface area contributed by atoms with Crippen molar-refractivity contribution in [1.82, 2.24) is 0 Å². The van der Waals surface area contributed by atoms with Crippen molar-refractivity contribution < 1.29 is 47.5 Å². The molecule has 0 heterocycles. The van der Waals surface area contributed by atoms with Crippen LogP contribution in [-0.2, 0) is 36.5 Å². The molecule has 0 radical (unpaired) electrons. The van der Waals surface area contributed by atoms with E-state index < -0.39 is 0 Å². The van der Waals surface area contributed by atoms with Gasteiger partial charge in [-0.2, -0.15) is 0 Å². The summed E-state index contributed by atoms with van der Waals surface area (Å²) in [5.74, 6) is 0. The third kappa shape index (κ3) is 11.5. The predicted molar refractivity (Wildman–Crippen MR) is 7.23 cm³/mol. The van der Waals surface area contributed by atoms with E-state index in [9.17, 15) is 0 Å². The van der Waals surface area contributed by atoms with E-state index in [0.717, 1.165) is 0 Å². The third-order valence-corrected chi connectivity index (χ3v) is 0. The van der Waals surface area contributed by atoms with Gasteiger partial charge in [0.25, 0.3) is 0 Å². The van der Waals surface area contributed by atoms with Crippen molar-refractivity contribution in [2.75, 3.05) is 0 Å². The first-order valence-corrected chi connectivity index (χ1v) is 0. The van der Waals surface area contributed by atoms with Crippen molar-refractivity contribution in [2.45, 2.75) is 0 Å². The summed E-state index contributed by atoms with van der Waals surface area (Å²) in [5, 5.41) is 0. The minimum absolute atomic E-state index is 0. The normalized spacial score (nSPS) is 0. The van der Waals surface area contributed by atoms with E-state index in [1.165, 1.54) is 0 Å². The second-order valence-electron chi connectivity index (χ2n) is 0. The third-order valence-electron chi connectivity index (χ3n) is 0. The molecule has 4 N–H and O–H groups in total. The fourth-order valence-electron chi connectivity index (χ4n) is 0. The molecule has 0 aliphatic rings. The molecule has 0 rings (SSSR count). The van der Waals surface area contributed by atoms with Crippen LogP contribution in [0.3, 0.4) is 0 Å². The summed E-state index contributed by atoms with van der Waals surface area (Å²) in [6.07, 6.45) is 0. The minimum Gasteiger partial charge on any atom is -0.412 e. The molecule has 0 spiro atoms. The van der Waals surface area contributed by atoms with Crippen molar-refractivity contribution in [3.8, 4) is 0 Å². The van der Waals surface area contributed by atoms with Gasteiger partial charge in [0, 0.05) is 36.5 Å². The van der Waals surface area contributed by atoms with Gasteiger partial charge in [-0.15, -0.1) is 0 Å². The first kappa shape index (κ1) is 74.0. The van der Waals surface area contributed by atoms with Crippen LogP contribution < -0.4 is 0 Å². The zero-order valence-corrected chi connectivity index (χ0v) is 6.13. The molecule has 0 bridgehead atoms. The minimum atomic E-state index is 0. The first-order valence-electron chi connectivity index (χ1n) is 0. The van der Waals surface area contributed by atoms with E-state index in [4.69, 9.17) is 0 Å². The maximum atomic E-state index is 0. The van der Waals surface area contributed by atoms with E-state index in [1.807, 2.05) is 0 Å². The summed E-state index contributed by atoms with van der Waals surface area (Å²) in [6.45, 7) is 0. The molecule has 0 fully saturated rings. The molecular weight excluding hydrogens is 153 g/mol. The molecule has 2 nitrogen and oxygen atoms in total. The Morgan fingerprint density at radius 2 is 0.750 bits per heavy atom. The van der Waals surface area contributed by atoms with Gasteiger partial charge in [0.15, 0.2) is 0 Å². The Balaban J connectivity index is 0. The fourth-order valence-corrected chi connectivity index (χ4v) is 0. The van der Waals surface area contributed by atoms with Gasteiger partial charge >= 0.3 is 0 Å². The van der Waals surface area contributed by atoms with Crippen molar-refractivity contribution in [3.63, 3.8) is 0 Å². The monoisotopic (exact) mass is 156 g/mol. The average molecular weight is 157 g/mol. The number of rotatable bonds is 0. The van der Waals surface area contributed by atoms with Crippen LogP contribution >= 0.6 is 0 Å². The average Bonchev–Trinajstić information content (AvgIpc) is 0. The molecular formula is H4FeO2Zn. The quantitative estimate of drug-likeness (QED) is 0.378. The summed E-state index contributed by atoms with van der Waals surface area (Å²) >= 11 is 0. The van der Waals surface area contributed by atoms with Crippen molar-refractivity contribution in [3.05, 3.63) is 0 Å². The molecule has 4 heavy (non-hydrogen) atoms. The molecule has 0 aromatic rings. The second-order valence-corrected chi connectivity index (χ2v) is 0. The predicted octanol–water partition coefficient (Wildman–Crippen LogP) is -1.65. The van der Waals surface area contributed by atoms with Crippen LogP contribution in [0.25, 0.3) is 0 Å². The summed E-state index contributed by atoms with van der Waals surface area (Å²) < 4.78 is 0. The fraction of sp³-hybridized carbons (Fsp3) is 0. The topological polar surface area (TPSA) is 63.0 Å². The van der Waals surface area contributed by atoms with Crippen LogP contribution in [0.15, 0.2) is 0 Å². The maximum Gasteiger partial charge on any atom is 0 e. The van der Waals surface area contributed by atoms with E-state index >= 15 is 0 Å². The van der Waals surface area contributed by atoms with Crippen LogP contribution in [0.4, 0.5) is 0 Å². The van der Waals surface area contributed by atoms with E-state index in [2.05, 4.69) is 0 Å². The van der Waals surface area contributed by atoms with Crippen LogP contribution in [0.2, 0.25) is 0 Å². The zero-order valence-electron chi connectivity index (χ0n) is 2.06. The van der Waals surface area contributed by atoms with Gasteiger partial charge in [0.2, 0.25) is 0 Å². The van der Waals surface area contributed by atoms with Gasteiger partial charge in [-0.05, 0) is 0 Å². The summed E-state index contributed by atoms with van der Waals surface area (Å²) in [4.78, 5) is 0. The standard InChI is InChI=1S/Fe.2H2O.Zn/h;2*1H2;. The van der Waals surface area contributed by atoms with Crippen molar-refractivity contribution in [1.29, 1.82) is 0 Å². The summed E-state index contributed by atoms with van der Waals surface area (Å²) in [7, 11) is 0. The molecule has 0 unspecified atom stereocenters. The van der Waals surface area contributed by atoms with Gasteiger partial charge < -0.3 is 11.0 Å². The molecule has 0 aliphatic carbocycles. The molecule has 26 valence electrons. The molecule has 0 amide bonds. The van der Waals surface area contributed by atoms with Crippen molar-refractivity contribution >= 4 is 0 Å². The smallest absolute Gasteiger partial charge is 0 e. The number of hydrogen-bond donors (Lipinski definition) is 0. The van der Waals surface area contributed by atoms with Crippen LogP contribution in [0.1, 0.15) is 0 Å². The van der Waals surface area contributed by atoms with Crippen LogP contribution in [0, 0.1) is 0 Å². The Labute approximate surface area is 47.8 Å². The van der Waals surface area contributed by atoms with Gasteiger partial charge in [0.05, 0.1) is 0 Å². The van der Waals surface area contributed by atoms with Gasteiger partial charge in [-0.1, -0.05) is 0 Å².